The number of rotatable bonds is 7. The molecule has 0 bridgehead atoms. The molecule has 1 unspecified atom stereocenters. The van der Waals surface area contributed by atoms with E-state index in [0.29, 0.717) is 29.4 Å². The van der Waals surface area contributed by atoms with Crippen molar-refractivity contribution in [3.63, 3.8) is 0 Å². The fourth-order valence-electron chi connectivity index (χ4n) is 2.38. The Bertz CT molecular complexity index is 871. The van der Waals surface area contributed by atoms with Crippen LogP contribution in [0.15, 0.2) is 59.4 Å². The summed E-state index contributed by atoms with van der Waals surface area (Å²) in [5.41, 5.74) is 2.11. The molecule has 3 rings (SSSR count). The molecular formula is C21H26N2O4. The van der Waals surface area contributed by atoms with Crippen molar-refractivity contribution in [1.82, 2.24) is 10.2 Å². The van der Waals surface area contributed by atoms with Crippen molar-refractivity contribution >= 4 is 0 Å². The average Bonchev–Trinajstić information content (AvgIpc) is 3.15. The lowest BCUT2D eigenvalue weighted by Crippen LogP contribution is -2.16. The third kappa shape index (κ3) is 5.76. The van der Waals surface area contributed by atoms with Crippen LogP contribution in [0.5, 0.6) is 11.5 Å². The van der Waals surface area contributed by atoms with Crippen LogP contribution in [0.1, 0.15) is 26.3 Å². The molecule has 0 amide bonds. The number of aromatic nitrogens is 2. The highest BCUT2D eigenvalue weighted by atomic mass is 16.5. The molecule has 0 fully saturated rings. The maximum Gasteiger partial charge on any atom is 0.264 e. The van der Waals surface area contributed by atoms with Gasteiger partial charge in [0.1, 0.15) is 24.2 Å². The summed E-state index contributed by atoms with van der Waals surface area (Å²) in [6.07, 6.45) is -0.361. The standard InChI is InChI=1S/C19H20N2O4.C2H6/c1-13(11-22)25-18-8-7-15(24-12-14-5-3-2-4-6-14)9-16(18)17-10-19(23)21-20-17;1-2/h2-10,13,22H,11-12H2,1H3,(H2,20,21,23);1-2H3. The minimum absolute atomic E-state index is 0.102. The third-order valence-electron chi connectivity index (χ3n) is 3.67. The van der Waals surface area contributed by atoms with E-state index >= 15 is 0 Å². The second-order valence-electron chi connectivity index (χ2n) is 5.72. The predicted octanol–water partition coefficient (Wildman–Crippen LogP) is 3.73. The zero-order chi connectivity index (χ0) is 19.6. The Balaban J connectivity index is 0.00000126. The van der Waals surface area contributed by atoms with Crippen LogP contribution in [0.3, 0.4) is 0 Å². The van der Waals surface area contributed by atoms with E-state index < -0.39 is 0 Å². The van der Waals surface area contributed by atoms with Crippen LogP contribution in [-0.2, 0) is 6.61 Å². The first-order chi connectivity index (χ1) is 13.2. The lowest BCUT2D eigenvalue weighted by molar-refractivity contribution is 0.130. The number of ether oxygens (including phenoxy) is 2. The number of aromatic amines is 2. The number of hydrogen-bond donors (Lipinski definition) is 3. The van der Waals surface area contributed by atoms with E-state index in [-0.39, 0.29) is 18.3 Å². The van der Waals surface area contributed by atoms with Gasteiger partial charge < -0.3 is 14.6 Å². The van der Waals surface area contributed by atoms with Crippen molar-refractivity contribution in [3.05, 3.63) is 70.5 Å². The topological polar surface area (TPSA) is 87.3 Å². The molecule has 144 valence electrons. The predicted molar refractivity (Wildman–Crippen MR) is 106 cm³/mol. The molecule has 1 heterocycles. The van der Waals surface area contributed by atoms with Crippen LogP contribution in [0.4, 0.5) is 0 Å². The molecule has 3 aromatic rings. The summed E-state index contributed by atoms with van der Waals surface area (Å²) in [7, 11) is 0. The molecule has 0 spiro atoms. The maximum absolute atomic E-state index is 11.5. The van der Waals surface area contributed by atoms with Gasteiger partial charge in [-0.3, -0.25) is 15.0 Å². The van der Waals surface area contributed by atoms with E-state index in [4.69, 9.17) is 9.47 Å². The zero-order valence-corrected chi connectivity index (χ0v) is 15.9. The summed E-state index contributed by atoms with van der Waals surface area (Å²) < 4.78 is 11.6. The number of hydrogen-bond acceptors (Lipinski definition) is 4. The van der Waals surface area contributed by atoms with Crippen molar-refractivity contribution in [2.45, 2.75) is 33.5 Å². The summed E-state index contributed by atoms with van der Waals surface area (Å²) in [6, 6.07) is 16.7. The van der Waals surface area contributed by atoms with Crippen LogP contribution in [0.25, 0.3) is 11.3 Å². The highest BCUT2D eigenvalue weighted by Gasteiger charge is 2.13. The number of nitrogens with one attached hydrogen (secondary N) is 2. The Kier molecular flexibility index (Phi) is 7.70. The van der Waals surface area contributed by atoms with Gasteiger partial charge in [-0.05, 0) is 30.7 Å². The molecule has 0 saturated carbocycles. The van der Waals surface area contributed by atoms with E-state index in [1.807, 2.05) is 50.2 Å². The van der Waals surface area contributed by atoms with Gasteiger partial charge in [-0.1, -0.05) is 44.2 Å². The van der Waals surface area contributed by atoms with Crippen molar-refractivity contribution < 1.29 is 14.6 Å². The molecular weight excluding hydrogens is 344 g/mol. The Morgan fingerprint density at radius 3 is 2.41 bits per heavy atom. The second kappa shape index (κ2) is 10.2. The van der Waals surface area contributed by atoms with E-state index in [1.54, 1.807) is 19.1 Å². The van der Waals surface area contributed by atoms with Crippen molar-refractivity contribution in [3.8, 4) is 22.8 Å². The first-order valence-electron chi connectivity index (χ1n) is 9.02. The van der Waals surface area contributed by atoms with Gasteiger partial charge in [-0.2, -0.15) is 0 Å². The van der Waals surface area contributed by atoms with Gasteiger partial charge in [0.05, 0.1) is 12.3 Å². The van der Waals surface area contributed by atoms with E-state index in [1.165, 1.54) is 6.07 Å². The van der Waals surface area contributed by atoms with Crippen molar-refractivity contribution in [1.29, 1.82) is 0 Å². The highest BCUT2D eigenvalue weighted by Crippen LogP contribution is 2.33. The van der Waals surface area contributed by atoms with Gasteiger partial charge in [0, 0.05) is 11.6 Å². The Hall–Kier alpha value is -2.99. The van der Waals surface area contributed by atoms with Gasteiger partial charge in [-0.15, -0.1) is 0 Å². The summed E-state index contributed by atoms with van der Waals surface area (Å²) in [5.74, 6) is 1.22. The van der Waals surface area contributed by atoms with Crippen LogP contribution in [0.2, 0.25) is 0 Å². The lowest BCUT2D eigenvalue weighted by Gasteiger charge is -2.16. The van der Waals surface area contributed by atoms with E-state index in [0.717, 1.165) is 5.56 Å². The van der Waals surface area contributed by atoms with Crippen molar-refractivity contribution in [2.24, 2.45) is 0 Å². The summed E-state index contributed by atoms with van der Waals surface area (Å²) in [5, 5.41) is 14.5. The van der Waals surface area contributed by atoms with Crippen LogP contribution in [0, 0.1) is 0 Å². The number of aliphatic hydroxyl groups is 1. The first kappa shape index (κ1) is 20.3. The molecule has 0 radical (unpaired) electrons. The molecule has 0 aliphatic carbocycles. The quantitative estimate of drug-likeness (QED) is 0.591. The number of benzene rings is 2. The van der Waals surface area contributed by atoms with Gasteiger partial charge in [0.15, 0.2) is 0 Å². The molecule has 2 aromatic carbocycles. The molecule has 6 heteroatoms. The van der Waals surface area contributed by atoms with Crippen LogP contribution < -0.4 is 15.0 Å². The average molecular weight is 370 g/mol. The summed E-state index contributed by atoms with van der Waals surface area (Å²) in [4.78, 5) is 11.5. The van der Waals surface area contributed by atoms with Crippen LogP contribution in [-0.4, -0.2) is 28.0 Å². The molecule has 0 aliphatic rings. The number of H-pyrrole nitrogens is 2. The van der Waals surface area contributed by atoms with E-state index in [2.05, 4.69) is 10.2 Å². The van der Waals surface area contributed by atoms with Crippen molar-refractivity contribution in [2.75, 3.05) is 6.61 Å². The van der Waals surface area contributed by atoms with E-state index in [9.17, 15) is 9.90 Å². The minimum atomic E-state index is -0.361. The SMILES string of the molecule is CC.CC(CO)Oc1ccc(OCc2ccccc2)cc1-c1cc(=O)[nH][nH]1. The van der Waals surface area contributed by atoms with Gasteiger partial charge in [0.25, 0.3) is 5.56 Å². The molecule has 0 aliphatic heterocycles. The zero-order valence-electron chi connectivity index (χ0n) is 15.9. The monoisotopic (exact) mass is 370 g/mol. The minimum Gasteiger partial charge on any atom is -0.489 e. The molecule has 6 nitrogen and oxygen atoms in total. The lowest BCUT2D eigenvalue weighted by atomic mass is 10.1. The molecule has 1 atom stereocenters. The highest BCUT2D eigenvalue weighted by molar-refractivity contribution is 5.68. The van der Waals surface area contributed by atoms with Gasteiger partial charge in [0.2, 0.25) is 0 Å². The fraction of sp³-hybridized carbons (Fsp3) is 0.286. The number of aliphatic hydroxyl groups excluding tert-OH is 1. The summed E-state index contributed by atoms with van der Waals surface area (Å²) >= 11 is 0. The molecule has 27 heavy (non-hydrogen) atoms. The Morgan fingerprint density at radius 1 is 1.04 bits per heavy atom. The Morgan fingerprint density at radius 2 is 1.78 bits per heavy atom. The third-order valence-corrected chi connectivity index (χ3v) is 3.67. The molecule has 3 N–H and O–H groups in total. The summed E-state index contributed by atoms with van der Waals surface area (Å²) in [6.45, 7) is 6.11. The molecule has 1 aromatic heterocycles. The Labute approximate surface area is 158 Å². The molecule has 0 saturated heterocycles. The normalized spacial score (nSPS) is 11.3. The van der Waals surface area contributed by atoms with Gasteiger partial charge in [-0.25, -0.2) is 0 Å². The van der Waals surface area contributed by atoms with Gasteiger partial charge >= 0.3 is 0 Å². The fourth-order valence-corrected chi connectivity index (χ4v) is 2.38. The maximum atomic E-state index is 11.5. The van der Waals surface area contributed by atoms with Crippen LogP contribution >= 0.6 is 0 Å². The second-order valence-corrected chi connectivity index (χ2v) is 5.72. The largest absolute Gasteiger partial charge is 0.489 e. The smallest absolute Gasteiger partial charge is 0.264 e. The first-order valence-corrected chi connectivity index (χ1v) is 9.02.